The maximum Gasteiger partial charge on any atom is 0.248 e. The lowest BCUT2D eigenvalue weighted by molar-refractivity contribution is -0.142. The summed E-state index contributed by atoms with van der Waals surface area (Å²) >= 11 is 0. The van der Waals surface area contributed by atoms with Gasteiger partial charge >= 0.3 is 0 Å². The van der Waals surface area contributed by atoms with E-state index in [1.165, 1.54) is 12.8 Å². The summed E-state index contributed by atoms with van der Waals surface area (Å²) in [7, 11) is 1.56. The molecule has 23 heavy (non-hydrogen) atoms. The Kier molecular flexibility index (Phi) is 7.31. The van der Waals surface area contributed by atoms with Crippen LogP contribution in [0.15, 0.2) is 0 Å². The zero-order chi connectivity index (χ0) is 16.8. The van der Waals surface area contributed by atoms with E-state index < -0.39 is 0 Å². The van der Waals surface area contributed by atoms with E-state index >= 15 is 0 Å². The summed E-state index contributed by atoms with van der Waals surface area (Å²) in [5, 5.41) is 0. The molecule has 0 radical (unpaired) electrons. The molecule has 0 bridgehead atoms. The quantitative estimate of drug-likeness (QED) is 0.812. The highest BCUT2D eigenvalue weighted by molar-refractivity contribution is 5.78. The van der Waals surface area contributed by atoms with Crippen LogP contribution in [0.3, 0.4) is 0 Å². The summed E-state index contributed by atoms with van der Waals surface area (Å²) in [6.07, 6.45) is 7.04. The van der Waals surface area contributed by atoms with Crippen molar-refractivity contribution in [2.75, 3.05) is 26.9 Å². The molecule has 5 heteroatoms. The maximum absolute atomic E-state index is 12.2. The number of nitrogens with zero attached hydrogens (tertiary/aromatic N) is 1. The predicted octanol–water partition coefficient (Wildman–Crippen LogP) is 2.18. The van der Waals surface area contributed by atoms with Crippen LogP contribution in [0, 0.1) is 11.8 Å². The molecule has 2 N–H and O–H groups in total. The lowest BCUT2D eigenvalue weighted by atomic mass is 9.80. The van der Waals surface area contributed by atoms with Gasteiger partial charge in [0.2, 0.25) is 5.91 Å². The van der Waals surface area contributed by atoms with Gasteiger partial charge in [-0.2, -0.15) is 0 Å². The molecule has 1 saturated heterocycles. The van der Waals surface area contributed by atoms with Gasteiger partial charge in [0.25, 0.3) is 0 Å². The Labute approximate surface area is 140 Å². The van der Waals surface area contributed by atoms with Crippen molar-refractivity contribution in [3.05, 3.63) is 0 Å². The fourth-order valence-corrected chi connectivity index (χ4v) is 3.97. The second kappa shape index (κ2) is 9.00. The number of ether oxygens (including phenoxy) is 2. The average molecular weight is 326 g/mol. The number of carbonyl (C=O) groups is 1. The van der Waals surface area contributed by atoms with Crippen molar-refractivity contribution in [1.29, 1.82) is 0 Å². The number of carbonyl (C=O) groups excluding carboxylic acids is 1. The molecule has 2 unspecified atom stereocenters. The Balaban J connectivity index is 1.83. The third-order valence-electron chi connectivity index (χ3n) is 5.58. The largest absolute Gasteiger partial charge is 0.376 e. The summed E-state index contributed by atoms with van der Waals surface area (Å²) in [5.41, 5.74) is 6.27. The van der Waals surface area contributed by atoms with Gasteiger partial charge in [-0.05, 0) is 50.4 Å². The summed E-state index contributed by atoms with van der Waals surface area (Å²) in [6, 6.07) is 0.00535. The highest BCUT2D eigenvalue weighted by Crippen LogP contribution is 2.31. The highest BCUT2D eigenvalue weighted by atomic mass is 16.5. The molecule has 0 aromatic heterocycles. The Morgan fingerprint density at radius 3 is 2.52 bits per heavy atom. The zero-order valence-electron chi connectivity index (χ0n) is 15.0. The number of likely N-dealkylation sites (tertiary alicyclic amines) is 1. The standard InChI is InChI=1S/C18H34N2O3/c1-13(2)14-6-8-15(9-7-14)23-11-17-16(19)5-4-10-20(17)18(21)12-22-3/h13-17H,4-12,19H2,1-3H3. The van der Waals surface area contributed by atoms with Crippen molar-refractivity contribution in [2.24, 2.45) is 17.6 Å². The Morgan fingerprint density at radius 2 is 1.91 bits per heavy atom. The minimum atomic E-state index is -0.00535. The van der Waals surface area contributed by atoms with Crippen LogP contribution in [0.1, 0.15) is 52.4 Å². The van der Waals surface area contributed by atoms with Crippen LogP contribution in [0.5, 0.6) is 0 Å². The number of nitrogens with two attached hydrogens (primary N) is 1. The second-order valence-corrected chi connectivity index (χ2v) is 7.51. The summed E-state index contributed by atoms with van der Waals surface area (Å²) < 4.78 is 11.2. The second-order valence-electron chi connectivity index (χ2n) is 7.51. The first-order valence-corrected chi connectivity index (χ1v) is 9.18. The van der Waals surface area contributed by atoms with Crippen molar-refractivity contribution < 1.29 is 14.3 Å². The van der Waals surface area contributed by atoms with E-state index in [0.717, 1.165) is 44.1 Å². The summed E-state index contributed by atoms with van der Waals surface area (Å²) in [4.78, 5) is 14.1. The average Bonchev–Trinajstić information content (AvgIpc) is 2.54. The van der Waals surface area contributed by atoms with Crippen molar-refractivity contribution in [3.8, 4) is 0 Å². The van der Waals surface area contributed by atoms with Gasteiger partial charge in [-0.1, -0.05) is 13.8 Å². The van der Waals surface area contributed by atoms with Crippen molar-refractivity contribution in [2.45, 2.75) is 70.6 Å². The van der Waals surface area contributed by atoms with E-state index in [9.17, 15) is 4.79 Å². The molecule has 5 nitrogen and oxygen atoms in total. The molecule has 0 aromatic rings. The van der Waals surface area contributed by atoms with Crippen molar-refractivity contribution >= 4 is 5.91 Å². The third kappa shape index (κ3) is 5.16. The SMILES string of the molecule is COCC(=O)N1CCCC(N)C1COC1CCC(C(C)C)CC1. The molecule has 2 fully saturated rings. The first-order valence-electron chi connectivity index (χ1n) is 9.18. The molecule has 134 valence electrons. The lowest BCUT2D eigenvalue weighted by Gasteiger charge is -2.40. The fraction of sp³-hybridized carbons (Fsp3) is 0.944. The van der Waals surface area contributed by atoms with Crippen LogP contribution in [-0.4, -0.2) is 55.9 Å². The normalized spacial score (nSPS) is 32.3. The van der Waals surface area contributed by atoms with Crippen LogP contribution in [0.4, 0.5) is 0 Å². The molecule has 1 saturated carbocycles. The predicted molar refractivity (Wildman–Crippen MR) is 91.1 cm³/mol. The number of rotatable bonds is 6. The fourth-order valence-electron chi connectivity index (χ4n) is 3.97. The van der Waals surface area contributed by atoms with E-state index in [2.05, 4.69) is 13.8 Å². The minimum Gasteiger partial charge on any atom is -0.376 e. The molecule has 1 heterocycles. The lowest BCUT2D eigenvalue weighted by Crippen LogP contribution is -2.57. The Hall–Kier alpha value is -0.650. The topological polar surface area (TPSA) is 64.8 Å². The van der Waals surface area contributed by atoms with Crippen LogP contribution in [0.2, 0.25) is 0 Å². The van der Waals surface area contributed by atoms with Crippen molar-refractivity contribution in [1.82, 2.24) is 4.90 Å². The molecular weight excluding hydrogens is 292 g/mol. The summed E-state index contributed by atoms with van der Waals surface area (Å²) in [6.45, 7) is 6.08. The van der Waals surface area contributed by atoms with Gasteiger partial charge in [-0.15, -0.1) is 0 Å². The number of hydrogen-bond acceptors (Lipinski definition) is 4. The smallest absolute Gasteiger partial charge is 0.248 e. The molecule has 0 aromatic carbocycles. The monoisotopic (exact) mass is 326 g/mol. The number of methoxy groups -OCH3 is 1. The van der Waals surface area contributed by atoms with Gasteiger partial charge in [-0.3, -0.25) is 4.79 Å². The van der Waals surface area contributed by atoms with Crippen LogP contribution >= 0.6 is 0 Å². The highest BCUT2D eigenvalue weighted by Gasteiger charge is 2.33. The summed E-state index contributed by atoms with van der Waals surface area (Å²) in [5.74, 6) is 1.64. The van der Waals surface area contributed by atoms with Gasteiger partial charge in [0.05, 0.1) is 18.8 Å². The van der Waals surface area contributed by atoms with E-state index in [4.69, 9.17) is 15.2 Å². The van der Waals surface area contributed by atoms with Crippen LogP contribution in [0.25, 0.3) is 0 Å². The Bertz CT molecular complexity index is 367. The zero-order valence-corrected chi connectivity index (χ0v) is 15.0. The molecule has 0 spiro atoms. The van der Waals surface area contributed by atoms with Gasteiger partial charge in [-0.25, -0.2) is 0 Å². The van der Waals surface area contributed by atoms with Gasteiger partial charge in [0.1, 0.15) is 6.61 Å². The first kappa shape index (κ1) is 18.7. The van der Waals surface area contributed by atoms with E-state index in [0.29, 0.717) is 12.7 Å². The van der Waals surface area contributed by atoms with E-state index in [1.54, 1.807) is 7.11 Å². The van der Waals surface area contributed by atoms with Crippen LogP contribution < -0.4 is 5.73 Å². The number of piperidine rings is 1. The Morgan fingerprint density at radius 1 is 1.22 bits per heavy atom. The van der Waals surface area contributed by atoms with Gasteiger partial charge in [0, 0.05) is 19.7 Å². The van der Waals surface area contributed by atoms with Gasteiger partial charge in [0.15, 0.2) is 0 Å². The molecular formula is C18H34N2O3. The number of hydrogen-bond donors (Lipinski definition) is 1. The molecule has 2 atom stereocenters. The maximum atomic E-state index is 12.2. The number of amides is 1. The molecule has 1 aliphatic carbocycles. The minimum absolute atomic E-state index is 0.00535. The molecule has 2 aliphatic rings. The van der Waals surface area contributed by atoms with E-state index in [-0.39, 0.29) is 24.6 Å². The molecule has 2 rings (SSSR count). The van der Waals surface area contributed by atoms with E-state index in [1.807, 2.05) is 4.90 Å². The third-order valence-corrected chi connectivity index (χ3v) is 5.58. The first-order chi connectivity index (χ1) is 11.0. The molecule has 1 amide bonds. The van der Waals surface area contributed by atoms with Gasteiger partial charge < -0.3 is 20.1 Å². The van der Waals surface area contributed by atoms with Crippen LogP contribution in [-0.2, 0) is 14.3 Å². The van der Waals surface area contributed by atoms with Crippen molar-refractivity contribution in [3.63, 3.8) is 0 Å². The molecule has 1 aliphatic heterocycles.